The van der Waals surface area contributed by atoms with E-state index in [1.807, 2.05) is 6.55 Å². The third-order valence-corrected chi connectivity index (χ3v) is 17.9. The van der Waals surface area contributed by atoms with Crippen molar-refractivity contribution in [2.45, 2.75) is 77.8 Å². The van der Waals surface area contributed by atoms with Crippen LogP contribution in [0.15, 0.2) is 12.2 Å². The third kappa shape index (κ3) is 12.8. The first-order chi connectivity index (χ1) is 12.4. The molecule has 0 heterocycles. The number of carboxylic acid groups (broad SMARTS) is 1. The maximum Gasteiger partial charge on any atom is 0.466 e. The van der Waals surface area contributed by atoms with E-state index < -0.39 is 45.7 Å². The number of hydrogen-bond donors (Lipinski definition) is 1. The standard InChI is InChI=1S/C17H38O7Si4/c1-15(13-14-21-17(20)12-11-16(18)19)27(8,9)24-28(10,22-25(2,3)4)23-26(5,6)7/h11-12,15H,13-14H2,1-10H3,(H,18,19)/b12-11+. The highest BCUT2D eigenvalue weighted by Gasteiger charge is 2.48. The van der Waals surface area contributed by atoms with E-state index in [9.17, 15) is 9.59 Å². The van der Waals surface area contributed by atoms with Crippen molar-refractivity contribution in [3.63, 3.8) is 0 Å². The number of rotatable bonds is 12. The molecular weight excluding hydrogens is 429 g/mol. The van der Waals surface area contributed by atoms with Crippen molar-refractivity contribution >= 4 is 45.7 Å². The molecule has 0 saturated carbocycles. The molecule has 0 bridgehead atoms. The molecule has 11 heteroatoms. The zero-order chi connectivity index (χ0) is 22.4. The highest BCUT2D eigenvalue weighted by molar-refractivity contribution is 6.90. The molecule has 0 aliphatic heterocycles. The van der Waals surface area contributed by atoms with Crippen LogP contribution in [0, 0.1) is 0 Å². The Kier molecular flexibility index (Phi) is 10.2. The Morgan fingerprint density at radius 3 is 1.71 bits per heavy atom. The number of carboxylic acids is 1. The van der Waals surface area contributed by atoms with Gasteiger partial charge in [0, 0.05) is 18.7 Å². The topological polar surface area (TPSA) is 91.3 Å². The van der Waals surface area contributed by atoms with Crippen LogP contribution in [0.25, 0.3) is 0 Å². The van der Waals surface area contributed by atoms with E-state index >= 15 is 0 Å². The van der Waals surface area contributed by atoms with E-state index in [1.54, 1.807) is 0 Å². The maximum absolute atomic E-state index is 11.5. The fraction of sp³-hybridized carbons (Fsp3) is 0.765. The summed E-state index contributed by atoms with van der Waals surface area (Å²) < 4.78 is 24.6. The van der Waals surface area contributed by atoms with Crippen molar-refractivity contribution in [1.82, 2.24) is 0 Å². The Morgan fingerprint density at radius 2 is 1.32 bits per heavy atom. The summed E-state index contributed by atoms with van der Waals surface area (Å²) in [5.41, 5.74) is 0.200. The van der Waals surface area contributed by atoms with E-state index in [0.717, 1.165) is 12.2 Å². The normalized spacial score (nSPS) is 14.9. The molecule has 28 heavy (non-hydrogen) atoms. The van der Waals surface area contributed by atoms with Crippen molar-refractivity contribution in [3.8, 4) is 0 Å². The number of carbonyl (C=O) groups excluding carboxylic acids is 1. The number of esters is 1. The van der Waals surface area contributed by atoms with E-state index in [1.165, 1.54) is 0 Å². The first kappa shape index (κ1) is 27.4. The van der Waals surface area contributed by atoms with Crippen LogP contribution in [0.1, 0.15) is 13.3 Å². The highest BCUT2D eigenvalue weighted by atomic mass is 28.5. The molecule has 0 aromatic rings. The van der Waals surface area contributed by atoms with Crippen LogP contribution < -0.4 is 0 Å². The Bertz CT molecular complexity index is 549. The molecule has 0 amide bonds. The fourth-order valence-corrected chi connectivity index (χ4v) is 18.6. The zero-order valence-electron chi connectivity index (χ0n) is 19.0. The number of carbonyl (C=O) groups is 2. The SMILES string of the molecule is CC(CCOC(=O)/C=C/C(=O)O)[Si](C)(C)O[Si](C)(O[Si](C)(C)C)O[Si](C)(C)C. The second-order valence-corrected chi connectivity index (χ2v) is 26.3. The molecule has 0 aromatic carbocycles. The van der Waals surface area contributed by atoms with Crippen molar-refractivity contribution in [1.29, 1.82) is 0 Å². The molecule has 1 atom stereocenters. The summed E-state index contributed by atoms with van der Waals surface area (Å²) in [7, 11) is -8.71. The maximum atomic E-state index is 11.5. The Hall–Kier alpha value is -0.572. The van der Waals surface area contributed by atoms with Gasteiger partial charge in [0.15, 0.2) is 25.0 Å². The predicted octanol–water partition coefficient (Wildman–Crippen LogP) is 4.44. The first-order valence-corrected chi connectivity index (χ1v) is 21.6. The summed E-state index contributed by atoms with van der Waals surface area (Å²) in [6.45, 7) is 21.4. The van der Waals surface area contributed by atoms with Gasteiger partial charge in [-0.05, 0) is 64.3 Å². The summed E-state index contributed by atoms with van der Waals surface area (Å²) in [6, 6.07) is 0. The average Bonchev–Trinajstić information content (AvgIpc) is 2.39. The van der Waals surface area contributed by atoms with E-state index in [0.29, 0.717) is 6.42 Å². The van der Waals surface area contributed by atoms with Crippen molar-refractivity contribution in [3.05, 3.63) is 12.2 Å². The van der Waals surface area contributed by atoms with Gasteiger partial charge in [-0.25, -0.2) is 9.59 Å². The minimum Gasteiger partial charge on any atom is -0.478 e. The molecule has 0 spiro atoms. The molecule has 0 aliphatic carbocycles. The molecule has 1 N–H and O–H groups in total. The molecule has 0 aliphatic rings. The minimum absolute atomic E-state index is 0.200. The largest absolute Gasteiger partial charge is 0.478 e. The van der Waals surface area contributed by atoms with Crippen LogP contribution in [0.2, 0.25) is 64.5 Å². The van der Waals surface area contributed by atoms with Gasteiger partial charge < -0.3 is 22.2 Å². The quantitative estimate of drug-likeness (QED) is 0.258. The second kappa shape index (κ2) is 10.5. The average molecular weight is 467 g/mol. The lowest BCUT2D eigenvalue weighted by Gasteiger charge is -2.43. The second-order valence-electron chi connectivity index (χ2n) is 9.53. The molecular formula is C17H38O7Si4. The van der Waals surface area contributed by atoms with Gasteiger partial charge in [0.1, 0.15) is 0 Å². The Labute approximate surface area is 174 Å². The predicted molar refractivity (Wildman–Crippen MR) is 121 cm³/mol. The van der Waals surface area contributed by atoms with Crippen LogP contribution in [-0.2, 0) is 26.7 Å². The van der Waals surface area contributed by atoms with E-state index in [-0.39, 0.29) is 12.1 Å². The molecule has 0 fully saturated rings. The van der Waals surface area contributed by atoms with Crippen LogP contribution in [-0.4, -0.2) is 57.4 Å². The highest BCUT2D eigenvalue weighted by Crippen LogP contribution is 2.32. The number of hydrogen-bond acceptors (Lipinski definition) is 6. The third-order valence-electron chi connectivity index (χ3n) is 3.78. The van der Waals surface area contributed by atoms with E-state index in [4.69, 9.17) is 22.2 Å². The fourth-order valence-electron chi connectivity index (χ4n) is 2.62. The van der Waals surface area contributed by atoms with Gasteiger partial charge in [0.2, 0.25) is 0 Å². The molecule has 0 aromatic heterocycles. The number of ether oxygens (including phenoxy) is 1. The molecule has 0 radical (unpaired) electrons. The number of aliphatic carboxylic acids is 1. The van der Waals surface area contributed by atoms with Crippen LogP contribution in [0.5, 0.6) is 0 Å². The van der Waals surface area contributed by atoms with Crippen LogP contribution >= 0.6 is 0 Å². The van der Waals surface area contributed by atoms with Gasteiger partial charge in [0.05, 0.1) is 6.61 Å². The summed E-state index contributed by atoms with van der Waals surface area (Å²) >= 11 is 0. The Balaban J connectivity index is 5.01. The van der Waals surface area contributed by atoms with Crippen molar-refractivity contribution in [2.75, 3.05) is 6.61 Å². The van der Waals surface area contributed by atoms with Gasteiger partial charge in [0.25, 0.3) is 0 Å². The summed E-state index contributed by atoms with van der Waals surface area (Å²) in [6.07, 6.45) is 2.32. The molecule has 7 nitrogen and oxygen atoms in total. The molecule has 0 saturated heterocycles. The lowest BCUT2D eigenvalue weighted by molar-refractivity contribution is -0.138. The van der Waals surface area contributed by atoms with Gasteiger partial charge in [-0.2, -0.15) is 0 Å². The summed E-state index contributed by atoms with van der Waals surface area (Å²) in [5.74, 6) is -1.83. The first-order valence-electron chi connectivity index (χ1n) is 9.53. The molecule has 1 unspecified atom stereocenters. The zero-order valence-corrected chi connectivity index (χ0v) is 23.0. The van der Waals surface area contributed by atoms with Crippen LogP contribution in [0.4, 0.5) is 0 Å². The van der Waals surface area contributed by atoms with Crippen molar-refractivity contribution < 1.29 is 31.8 Å². The summed E-state index contributed by atoms with van der Waals surface area (Å²) in [5, 5.41) is 8.53. The van der Waals surface area contributed by atoms with Gasteiger partial charge in [-0.3, -0.25) is 0 Å². The Morgan fingerprint density at radius 1 is 0.857 bits per heavy atom. The van der Waals surface area contributed by atoms with Gasteiger partial charge in [-0.1, -0.05) is 6.92 Å². The summed E-state index contributed by atoms with van der Waals surface area (Å²) in [4.78, 5) is 21.9. The van der Waals surface area contributed by atoms with E-state index in [2.05, 4.69) is 59.3 Å². The smallest absolute Gasteiger partial charge is 0.466 e. The van der Waals surface area contributed by atoms with Crippen LogP contribution in [0.3, 0.4) is 0 Å². The molecule has 0 rings (SSSR count). The van der Waals surface area contributed by atoms with Gasteiger partial charge >= 0.3 is 20.7 Å². The lowest BCUT2D eigenvalue weighted by Crippen LogP contribution is -2.59. The molecule has 164 valence electrons. The lowest BCUT2D eigenvalue weighted by atomic mass is 10.3. The minimum atomic E-state index is -2.80. The van der Waals surface area contributed by atoms with Gasteiger partial charge in [-0.15, -0.1) is 0 Å². The van der Waals surface area contributed by atoms with Crippen molar-refractivity contribution in [2.24, 2.45) is 0 Å². The monoisotopic (exact) mass is 466 g/mol.